The van der Waals surface area contributed by atoms with E-state index in [9.17, 15) is 4.79 Å². The first-order valence-corrected chi connectivity index (χ1v) is 8.66. The molecule has 0 aromatic heterocycles. The maximum absolute atomic E-state index is 12.1. The number of rotatable bonds is 7. The first-order valence-electron chi connectivity index (χ1n) is 8.66. The number of benzene rings is 1. The van der Waals surface area contributed by atoms with Crippen LogP contribution in [0, 0.1) is 0 Å². The third kappa shape index (κ3) is 5.52. The number of nitrogens with two attached hydrogens (primary N) is 1. The summed E-state index contributed by atoms with van der Waals surface area (Å²) >= 11 is 0. The summed E-state index contributed by atoms with van der Waals surface area (Å²) in [6.07, 6.45) is 4.15. The topological polar surface area (TPSA) is 67.6 Å². The zero-order valence-corrected chi connectivity index (χ0v) is 14.0. The van der Waals surface area contributed by atoms with E-state index in [0.717, 1.165) is 37.9 Å². The molecule has 1 aliphatic rings. The maximum Gasteiger partial charge on any atom is 0.407 e. The summed E-state index contributed by atoms with van der Waals surface area (Å²) in [5.74, 6) is 0. The molecular formula is C18H29N3O2. The molecule has 0 unspecified atom stereocenters. The second-order valence-corrected chi connectivity index (χ2v) is 6.08. The molecule has 0 spiro atoms. The van der Waals surface area contributed by atoms with Crippen molar-refractivity contribution < 1.29 is 9.53 Å². The molecule has 0 radical (unpaired) electrons. The SMILES string of the molecule is CCN(CCN)[C@H]1CCCC[C@H]1NC(=O)OCc1ccccc1. The van der Waals surface area contributed by atoms with Gasteiger partial charge >= 0.3 is 6.09 Å². The molecule has 1 saturated carbocycles. The van der Waals surface area contributed by atoms with Crippen molar-refractivity contribution in [2.75, 3.05) is 19.6 Å². The second-order valence-electron chi connectivity index (χ2n) is 6.08. The highest BCUT2D eigenvalue weighted by atomic mass is 16.5. The number of nitrogens with zero attached hydrogens (tertiary/aromatic N) is 1. The summed E-state index contributed by atoms with van der Waals surface area (Å²) in [4.78, 5) is 14.5. The minimum absolute atomic E-state index is 0.151. The van der Waals surface area contributed by atoms with Crippen LogP contribution >= 0.6 is 0 Å². The monoisotopic (exact) mass is 319 g/mol. The molecule has 2 atom stereocenters. The molecule has 0 bridgehead atoms. The summed E-state index contributed by atoms with van der Waals surface area (Å²) in [6, 6.07) is 10.3. The lowest BCUT2D eigenvalue weighted by Gasteiger charge is -2.39. The fraction of sp³-hybridized carbons (Fsp3) is 0.611. The molecule has 1 aliphatic carbocycles. The lowest BCUT2D eigenvalue weighted by atomic mass is 9.89. The highest BCUT2D eigenvalue weighted by Gasteiger charge is 2.30. The van der Waals surface area contributed by atoms with Crippen molar-refractivity contribution in [2.24, 2.45) is 5.73 Å². The normalized spacial score (nSPS) is 21.2. The first kappa shape index (κ1) is 17.8. The van der Waals surface area contributed by atoms with Crippen molar-refractivity contribution in [3.63, 3.8) is 0 Å². The second kappa shape index (κ2) is 9.53. The number of likely N-dealkylation sites (N-methyl/N-ethyl adjacent to an activating group) is 1. The number of alkyl carbamates (subject to hydrolysis) is 1. The van der Waals surface area contributed by atoms with Gasteiger partial charge < -0.3 is 15.8 Å². The number of amides is 1. The predicted octanol–water partition coefficient (Wildman–Crippen LogP) is 2.50. The molecule has 2 rings (SSSR count). The van der Waals surface area contributed by atoms with Crippen LogP contribution in [0.15, 0.2) is 30.3 Å². The van der Waals surface area contributed by atoms with Crippen LogP contribution in [0.25, 0.3) is 0 Å². The molecule has 0 aliphatic heterocycles. The summed E-state index contributed by atoms with van der Waals surface area (Å²) in [5.41, 5.74) is 6.72. The Labute approximate surface area is 139 Å². The van der Waals surface area contributed by atoms with E-state index in [1.54, 1.807) is 0 Å². The van der Waals surface area contributed by atoms with Crippen molar-refractivity contribution in [1.82, 2.24) is 10.2 Å². The zero-order valence-electron chi connectivity index (χ0n) is 14.0. The van der Waals surface area contributed by atoms with E-state index in [1.165, 1.54) is 6.42 Å². The van der Waals surface area contributed by atoms with Crippen LogP contribution in [0.3, 0.4) is 0 Å². The minimum Gasteiger partial charge on any atom is -0.445 e. The molecule has 1 aromatic rings. The fourth-order valence-electron chi connectivity index (χ4n) is 3.36. The standard InChI is InChI=1S/C18H29N3O2/c1-2-21(13-12-19)17-11-7-6-10-16(17)20-18(22)23-14-15-8-4-3-5-9-15/h3-5,8-9,16-17H,2,6-7,10-14,19H2,1H3,(H,20,22)/t16-,17+/m1/s1. The molecule has 23 heavy (non-hydrogen) atoms. The molecule has 0 saturated heterocycles. The lowest BCUT2D eigenvalue weighted by molar-refractivity contribution is 0.104. The Morgan fingerprint density at radius 3 is 2.74 bits per heavy atom. The van der Waals surface area contributed by atoms with Gasteiger partial charge in [-0.3, -0.25) is 4.90 Å². The average Bonchev–Trinajstić information content (AvgIpc) is 2.59. The van der Waals surface area contributed by atoms with Gasteiger partial charge in [0.05, 0.1) is 0 Å². The number of hydrogen-bond acceptors (Lipinski definition) is 4. The number of hydrogen-bond donors (Lipinski definition) is 2. The Kier molecular flexibility index (Phi) is 7.36. The molecule has 128 valence electrons. The van der Waals surface area contributed by atoms with E-state index < -0.39 is 0 Å². The van der Waals surface area contributed by atoms with Gasteiger partial charge in [-0.15, -0.1) is 0 Å². The molecule has 5 nitrogen and oxygen atoms in total. The van der Waals surface area contributed by atoms with Gasteiger partial charge in [-0.1, -0.05) is 50.1 Å². The minimum atomic E-state index is -0.324. The smallest absolute Gasteiger partial charge is 0.407 e. The predicted molar refractivity (Wildman–Crippen MR) is 92.1 cm³/mol. The van der Waals surface area contributed by atoms with E-state index in [2.05, 4.69) is 17.1 Å². The number of nitrogens with one attached hydrogen (secondary N) is 1. The average molecular weight is 319 g/mol. The van der Waals surface area contributed by atoms with Gasteiger partial charge in [-0.05, 0) is 24.9 Å². The molecular weight excluding hydrogens is 290 g/mol. The molecule has 1 amide bonds. The Bertz CT molecular complexity index is 467. The van der Waals surface area contributed by atoms with Gasteiger partial charge in [0, 0.05) is 25.2 Å². The Morgan fingerprint density at radius 2 is 2.04 bits per heavy atom. The van der Waals surface area contributed by atoms with Crippen LogP contribution in [0.4, 0.5) is 4.79 Å². The summed E-state index contributed by atoms with van der Waals surface area (Å²) < 4.78 is 5.36. The Hall–Kier alpha value is -1.59. The van der Waals surface area contributed by atoms with Crippen LogP contribution in [0.1, 0.15) is 38.2 Å². The molecule has 3 N–H and O–H groups in total. The molecule has 0 heterocycles. The van der Waals surface area contributed by atoms with Crippen LogP contribution in [0.2, 0.25) is 0 Å². The van der Waals surface area contributed by atoms with Crippen LogP contribution in [0.5, 0.6) is 0 Å². The van der Waals surface area contributed by atoms with E-state index in [0.29, 0.717) is 19.2 Å². The molecule has 1 aromatic carbocycles. The van der Waals surface area contributed by atoms with E-state index in [1.807, 2.05) is 30.3 Å². The number of carbonyl (C=O) groups excluding carboxylic acids is 1. The van der Waals surface area contributed by atoms with Crippen molar-refractivity contribution in [3.8, 4) is 0 Å². The lowest BCUT2D eigenvalue weighted by Crippen LogP contribution is -2.54. The van der Waals surface area contributed by atoms with Crippen LogP contribution < -0.4 is 11.1 Å². The maximum atomic E-state index is 12.1. The first-order chi connectivity index (χ1) is 11.2. The highest BCUT2D eigenvalue weighted by molar-refractivity contribution is 5.67. The van der Waals surface area contributed by atoms with Crippen LogP contribution in [-0.4, -0.2) is 42.7 Å². The summed E-state index contributed by atoms with van der Waals surface area (Å²) in [7, 11) is 0. The van der Waals surface area contributed by atoms with Crippen molar-refractivity contribution in [1.29, 1.82) is 0 Å². The van der Waals surface area contributed by atoms with E-state index in [4.69, 9.17) is 10.5 Å². The number of ether oxygens (including phenoxy) is 1. The molecule has 5 heteroatoms. The van der Waals surface area contributed by atoms with Gasteiger partial charge in [0.15, 0.2) is 0 Å². The van der Waals surface area contributed by atoms with Gasteiger partial charge in [0.25, 0.3) is 0 Å². The Morgan fingerprint density at radius 1 is 1.30 bits per heavy atom. The quantitative estimate of drug-likeness (QED) is 0.810. The number of carbonyl (C=O) groups is 1. The third-order valence-corrected chi connectivity index (χ3v) is 4.54. The van der Waals surface area contributed by atoms with Crippen molar-refractivity contribution in [2.45, 2.75) is 51.3 Å². The van der Waals surface area contributed by atoms with E-state index >= 15 is 0 Å². The van der Waals surface area contributed by atoms with Gasteiger partial charge in [-0.25, -0.2) is 4.79 Å². The zero-order chi connectivity index (χ0) is 16.5. The van der Waals surface area contributed by atoms with Crippen molar-refractivity contribution >= 4 is 6.09 Å². The van der Waals surface area contributed by atoms with E-state index in [-0.39, 0.29) is 12.1 Å². The van der Waals surface area contributed by atoms with Gasteiger partial charge in [0.2, 0.25) is 0 Å². The fourth-order valence-corrected chi connectivity index (χ4v) is 3.36. The molecule has 1 fully saturated rings. The van der Waals surface area contributed by atoms with Crippen LogP contribution in [-0.2, 0) is 11.3 Å². The largest absolute Gasteiger partial charge is 0.445 e. The third-order valence-electron chi connectivity index (χ3n) is 4.54. The van der Waals surface area contributed by atoms with Gasteiger partial charge in [0.1, 0.15) is 6.61 Å². The van der Waals surface area contributed by atoms with Gasteiger partial charge in [-0.2, -0.15) is 0 Å². The van der Waals surface area contributed by atoms with Crippen molar-refractivity contribution in [3.05, 3.63) is 35.9 Å². The summed E-state index contributed by atoms with van der Waals surface area (Å²) in [6.45, 7) is 4.94. The summed E-state index contributed by atoms with van der Waals surface area (Å²) in [5, 5.41) is 3.07. The highest BCUT2D eigenvalue weighted by Crippen LogP contribution is 2.23. The Balaban J connectivity index is 1.86.